The third kappa shape index (κ3) is 8.54. The number of aliphatic imine (C=N–C) groups is 1. The fraction of sp³-hybridized carbons (Fsp3) is 0.667. The Hall–Kier alpha value is -1.24. The highest BCUT2D eigenvalue weighted by atomic mass is 32.2. The zero-order valence-electron chi connectivity index (χ0n) is 17.2. The van der Waals surface area contributed by atoms with Gasteiger partial charge in [-0.1, -0.05) is 18.2 Å². The van der Waals surface area contributed by atoms with Gasteiger partial charge in [0.15, 0.2) is 5.96 Å². The van der Waals surface area contributed by atoms with E-state index in [1.165, 1.54) is 17.1 Å². The number of likely N-dealkylation sites (N-methyl/N-ethyl adjacent to an activating group) is 1. The first-order valence-electron chi connectivity index (χ1n) is 10.1. The second-order valence-electron chi connectivity index (χ2n) is 7.11. The first-order valence-corrected chi connectivity index (χ1v) is 11.1. The molecule has 0 aromatic heterocycles. The Morgan fingerprint density at radius 1 is 1.33 bits per heavy atom. The topological polar surface area (TPSA) is 40.1 Å². The minimum atomic E-state index is 0.735. The maximum atomic E-state index is 5.13. The van der Waals surface area contributed by atoms with Crippen LogP contribution in [0.3, 0.4) is 0 Å². The fourth-order valence-electron chi connectivity index (χ4n) is 3.20. The van der Waals surface area contributed by atoms with Gasteiger partial charge in [0.2, 0.25) is 0 Å². The maximum absolute atomic E-state index is 5.13. The van der Waals surface area contributed by atoms with Crippen LogP contribution in [0.2, 0.25) is 0 Å². The molecule has 0 saturated carbocycles. The molecule has 5 nitrogen and oxygen atoms in total. The molecule has 6 heteroatoms. The van der Waals surface area contributed by atoms with Crippen LogP contribution in [0, 0.1) is 5.92 Å². The predicted octanol–water partition coefficient (Wildman–Crippen LogP) is 3.03. The van der Waals surface area contributed by atoms with Gasteiger partial charge in [-0.15, -0.1) is 11.8 Å². The number of methoxy groups -OCH3 is 1. The van der Waals surface area contributed by atoms with Gasteiger partial charge in [0.05, 0.1) is 6.61 Å². The van der Waals surface area contributed by atoms with Crippen LogP contribution in [0.25, 0.3) is 0 Å². The van der Waals surface area contributed by atoms with Gasteiger partial charge < -0.3 is 19.9 Å². The molecule has 1 saturated heterocycles. The van der Waals surface area contributed by atoms with Gasteiger partial charge in [0.25, 0.3) is 0 Å². The second-order valence-corrected chi connectivity index (χ2v) is 8.20. The third-order valence-electron chi connectivity index (χ3n) is 4.79. The summed E-state index contributed by atoms with van der Waals surface area (Å²) in [6.45, 7) is 8.99. The molecule has 0 amide bonds. The van der Waals surface area contributed by atoms with Gasteiger partial charge in [-0.25, -0.2) is 0 Å². The summed E-state index contributed by atoms with van der Waals surface area (Å²) in [6.07, 6.45) is 2.33. The van der Waals surface area contributed by atoms with E-state index in [-0.39, 0.29) is 0 Å². The first kappa shape index (κ1) is 22.1. The molecule has 0 bridgehead atoms. The summed E-state index contributed by atoms with van der Waals surface area (Å²) in [6, 6.07) is 10.7. The monoisotopic (exact) mass is 392 g/mol. The van der Waals surface area contributed by atoms with Crippen molar-refractivity contribution in [1.82, 2.24) is 15.1 Å². The number of thioether (sulfide) groups is 1. The molecule has 0 radical (unpaired) electrons. The summed E-state index contributed by atoms with van der Waals surface area (Å²) in [5.41, 5.74) is 0. The normalized spacial score (nSPS) is 17.7. The zero-order chi connectivity index (χ0) is 19.3. The Balaban J connectivity index is 1.73. The lowest BCUT2D eigenvalue weighted by Crippen LogP contribution is -2.40. The highest BCUT2D eigenvalue weighted by Crippen LogP contribution is 2.25. The second kappa shape index (κ2) is 13.0. The minimum absolute atomic E-state index is 0.735. The van der Waals surface area contributed by atoms with Crippen molar-refractivity contribution in [2.75, 3.05) is 65.8 Å². The van der Waals surface area contributed by atoms with Gasteiger partial charge in [-0.2, -0.15) is 0 Å². The van der Waals surface area contributed by atoms with Crippen molar-refractivity contribution in [2.24, 2.45) is 10.9 Å². The highest BCUT2D eigenvalue weighted by molar-refractivity contribution is 7.99. The molecule has 1 heterocycles. The Labute approximate surface area is 169 Å². The maximum Gasteiger partial charge on any atom is 0.193 e. The number of benzene rings is 1. The molecule has 1 atom stereocenters. The standard InChI is InChI=1S/C21H36N4OS/c1-4-22-21(23-12-8-13-24(2)15-16-26-3)25-14-11-19(17-25)18-27-20-9-6-5-7-10-20/h5-7,9-10,19H,4,8,11-18H2,1-3H3,(H,22,23). The molecule has 152 valence electrons. The number of hydrogen-bond acceptors (Lipinski definition) is 4. The Morgan fingerprint density at radius 2 is 2.15 bits per heavy atom. The van der Waals surface area contributed by atoms with Gasteiger partial charge in [-0.05, 0) is 51.4 Å². The van der Waals surface area contributed by atoms with Gasteiger partial charge >= 0.3 is 0 Å². The van der Waals surface area contributed by atoms with Crippen molar-refractivity contribution >= 4 is 17.7 Å². The molecule has 1 fully saturated rings. The van der Waals surface area contributed by atoms with Crippen LogP contribution in [-0.2, 0) is 4.74 Å². The number of ether oxygens (including phenoxy) is 1. The summed E-state index contributed by atoms with van der Waals surface area (Å²) in [5.74, 6) is 3.01. The summed E-state index contributed by atoms with van der Waals surface area (Å²) < 4.78 is 5.13. The van der Waals surface area contributed by atoms with Crippen LogP contribution in [0.5, 0.6) is 0 Å². The van der Waals surface area contributed by atoms with Crippen molar-refractivity contribution in [1.29, 1.82) is 0 Å². The third-order valence-corrected chi connectivity index (χ3v) is 6.03. The van der Waals surface area contributed by atoms with Crippen molar-refractivity contribution in [2.45, 2.75) is 24.7 Å². The van der Waals surface area contributed by atoms with Crippen molar-refractivity contribution in [3.63, 3.8) is 0 Å². The lowest BCUT2D eigenvalue weighted by molar-refractivity contribution is 0.161. The van der Waals surface area contributed by atoms with Crippen LogP contribution in [0.4, 0.5) is 0 Å². The lowest BCUT2D eigenvalue weighted by Gasteiger charge is -2.22. The van der Waals surface area contributed by atoms with E-state index in [1.54, 1.807) is 7.11 Å². The van der Waals surface area contributed by atoms with E-state index >= 15 is 0 Å². The van der Waals surface area contributed by atoms with Gasteiger partial charge in [-0.3, -0.25) is 4.99 Å². The zero-order valence-corrected chi connectivity index (χ0v) is 18.0. The Bertz CT molecular complexity index is 540. The van der Waals surface area contributed by atoms with E-state index in [0.717, 1.165) is 64.2 Å². The predicted molar refractivity (Wildman–Crippen MR) is 117 cm³/mol. The van der Waals surface area contributed by atoms with E-state index < -0.39 is 0 Å². The molecule has 2 rings (SSSR count). The first-order chi connectivity index (χ1) is 13.2. The van der Waals surface area contributed by atoms with E-state index in [4.69, 9.17) is 9.73 Å². The number of nitrogens with one attached hydrogen (secondary N) is 1. The van der Waals surface area contributed by atoms with Crippen LogP contribution in [0.1, 0.15) is 19.8 Å². The van der Waals surface area contributed by atoms with Crippen LogP contribution in [-0.4, -0.2) is 81.5 Å². The van der Waals surface area contributed by atoms with Crippen LogP contribution >= 0.6 is 11.8 Å². The van der Waals surface area contributed by atoms with Crippen molar-refractivity contribution in [3.05, 3.63) is 30.3 Å². The van der Waals surface area contributed by atoms with E-state index in [1.807, 2.05) is 11.8 Å². The average molecular weight is 393 g/mol. The van der Waals surface area contributed by atoms with Gasteiger partial charge in [0, 0.05) is 50.5 Å². The van der Waals surface area contributed by atoms with Crippen LogP contribution < -0.4 is 5.32 Å². The molecule has 0 spiro atoms. The number of nitrogens with zero attached hydrogens (tertiary/aromatic N) is 3. The molecule has 1 aliphatic rings. The number of likely N-dealkylation sites (tertiary alicyclic amines) is 1. The molecule has 0 aliphatic carbocycles. The summed E-state index contributed by atoms with van der Waals surface area (Å²) >= 11 is 1.97. The number of hydrogen-bond donors (Lipinski definition) is 1. The molecule has 1 aromatic carbocycles. The molecule has 27 heavy (non-hydrogen) atoms. The molecular formula is C21H36N4OS. The average Bonchev–Trinajstić information content (AvgIpc) is 3.17. The van der Waals surface area contributed by atoms with Crippen LogP contribution in [0.15, 0.2) is 40.2 Å². The smallest absolute Gasteiger partial charge is 0.193 e. The molecule has 1 aliphatic heterocycles. The quantitative estimate of drug-likeness (QED) is 0.271. The van der Waals surface area contributed by atoms with Gasteiger partial charge in [0.1, 0.15) is 0 Å². The summed E-state index contributed by atoms with van der Waals surface area (Å²) in [4.78, 5) is 11.0. The Morgan fingerprint density at radius 3 is 2.89 bits per heavy atom. The minimum Gasteiger partial charge on any atom is -0.383 e. The Kier molecular flexibility index (Phi) is 10.6. The van der Waals surface area contributed by atoms with Crippen molar-refractivity contribution < 1.29 is 4.74 Å². The summed E-state index contributed by atoms with van der Waals surface area (Å²) in [5, 5.41) is 3.48. The van der Waals surface area contributed by atoms with E-state index in [2.05, 4.69) is 59.4 Å². The molecule has 1 unspecified atom stereocenters. The number of guanidine groups is 1. The summed E-state index contributed by atoms with van der Waals surface area (Å²) in [7, 11) is 3.89. The van der Waals surface area contributed by atoms with E-state index in [9.17, 15) is 0 Å². The lowest BCUT2D eigenvalue weighted by atomic mass is 10.2. The SMILES string of the molecule is CCNC(=NCCCN(C)CCOC)N1CCC(CSc2ccccc2)C1. The fourth-order valence-corrected chi connectivity index (χ4v) is 4.25. The largest absolute Gasteiger partial charge is 0.383 e. The highest BCUT2D eigenvalue weighted by Gasteiger charge is 2.24. The molecule has 1 N–H and O–H groups in total. The molecule has 1 aromatic rings. The number of rotatable bonds is 11. The molecular weight excluding hydrogens is 356 g/mol. The van der Waals surface area contributed by atoms with Crippen molar-refractivity contribution in [3.8, 4) is 0 Å². The van der Waals surface area contributed by atoms with E-state index in [0.29, 0.717) is 0 Å².